The van der Waals surface area contributed by atoms with E-state index in [4.69, 9.17) is 9.47 Å². The number of carboxylic acid groups (broad SMARTS) is 1. The van der Waals surface area contributed by atoms with E-state index in [1.54, 1.807) is 13.8 Å². The molecule has 34 heavy (non-hydrogen) atoms. The molecule has 0 aromatic heterocycles. The first-order valence-corrected chi connectivity index (χ1v) is 11.5. The van der Waals surface area contributed by atoms with E-state index in [-0.39, 0.29) is 38.1 Å². The van der Waals surface area contributed by atoms with Gasteiger partial charge in [-0.05, 0) is 28.7 Å². The second-order valence-electron chi connectivity index (χ2n) is 9.31. The molecule has 2 amide bonds. The molecular formula is C26H30N2O6. The number of benzene rings is 2. The van der Waals surface area contributed by atoms with E-state index in [0.29, 0.717) is 13.0 Å². The molecule has 4 rings (SSSR count). The predicted molar refractivity (Wildman–Crippen MR) is 125 cm³/mol. The number of nitrogens with one attached hydrogen (secondary N) is 1. The van der Waals surface area contributed by atoms with E-state index in [0.717, 1.165) is 22.3 Å². The first-order valence-electron chi connectivity index (χ1n) is 11.5. The van der Waals surface area contributed by atoms with Crippen molar-refractivity contribution in [1.29, 1.82) is 0 Å². The number of morpholine rings is 1. The Hall–Kier alpha value is -3.39. The molecule has 1 unspecified atom stereocenters. The van der Waals surface area contributed by atoms with Crippen LogP contribution in [0.4, 0.5) is 4.79 Å². The summed E-state index contributed by atoms with van der Waals surface area (Å²) < 4.78 is 10.8. The lowest BCUT2D eigenvalue weighted by atomic mass is 9.87. The second kappa shape index (κ2) is 9.85. The maximum atomic E-state index is 13.0. The average Bonchev–Trinajstić information content (AvgIpc) is 3.16. The van der Waals surface area contributed by atoms with Gasteiger partial charge in [-0.3, -0.25) is 4.79 Å². The van der Waals surface area contributed by atoms with Crippen LogP contribution in [-0.4, -0.2) is 66.9 Å². The summed E-state index contributed by atoms with van der Waals surface area (Å²) >= 11 is 0. The van der Waals surface area contributed by atoms with Gasteiger partial charge in [0.25, 0.3) is 0 Å². The van der Waals surface area contributed by atoms with Crippen LogP contribution in [0.5, 0.6) is 0 Å². The number of carbonyl (C=O) groups excluding carboxylic acids is 2. The molecule has 8 heteroatoms. The Morgan fingerprint density at radius 2 is 1.71 bits per heavy atom. The number of carbonyl (C=O) groups is 3. The summed E-state index contributed by atoms with van der Waals surface area (Å²) in [6.45, 7) is 4.48. The van der Waals surface area contributed by atoms with E-state index in [1.807, 2.05) is 24.3 Å². The Bertz CT molecular complexity index is 1040. The summed E-state index contributed by atoms with van der Waals surface area (Å²) in [5.41, 5.74) is 3.76. The van der Waals surface area contributed by atoms with Crippen LogP contribution in [0.2, 0.25) is 0 Å². The summed E-state index contributed by atoms with van der Waals surface area (Å²) in [5, 5.41) is 12.1. The van der Waals surface area contributed by atoms with E-state index in [2.05, 4.69) is 29.6 Å². The minimum atomic E-state index is -1.08. The van der Waals surface area contributed by atoms with Gasteiger partial charge in [0.1, 0.15) is 6.61 Å². The van der Waals surface area contributed by atoms with Crippen LogP contribution in [0.3, 0.4) is 0 Å². The third-order valence-electron chi connectivity index (χ3n) is 6.62. The Labute approximate surface area is 198 Å². The highest BCUT2D eigenvalue weighted by Crippen LogP contribution is 2.44. The molecule has 2 aromatic carbocycles. The van der Waals surface area contributed by atoms with E-state index in [1.165, 1.54) is 4.90 Å². The molecule has 1 fully saturated rings. The van der Waals surface area contributed by atoms with Crippen molar-refractivity contribution < 1.29 is 29.0 Å². The standard InChI is InChI=1S/C26H30N2O6/c1-26(2,24(31)28-13-14-33-16-22(28)23(29)30)11-12-27-25(32)34-15-21-19-9-5-3-7-17(19)18-8-4-6-10-20(18)21/h3-10,21-22H,11-16H2,1-2H3,(H,27,32)(H,29,30). The molecule has 1 saturated heterocycles. The number of rotatable bonds is 7. The van der Waals surface area contributed by atoms with Gasteiger partial charge >= 0.3 is 12.1 Å². The molecule has 1 atom stereocenters. The minimum absolute atomic E-state index is 0.0187. The third-order valence-corrected chi connectivity index (χ3v) is 6.62. The second-order valence-corrected chi connectivity index (χ2v) is 9.31. The van der Waals surface area contributed by atoms with Crippen LogP contribution in [0.25, 0.3) is 11.1 Å². The van der Waals surface area contributed by atoms with Crippen molar-refractivity contribution in [3.8, 4) is 11.1 Å². The maximum absolute atomic E-state index is 13.0. The SMILES string of the molecule is CC(C)(CCNC(=O)OCC1c2ccccc2-c2ccccc21)C(=O)N1CCOCC1C(=O)O. The zero-order chi connectivity index (χ0) is 24.3. The highest BCUT2D eigenvalue weighted by atomic mass is 16.5. The fourth-order valence-electron chi connectivity index (χ4n) is 4.67. The first-order chi connectivity index (χ1) is 16.3. The largest absolute Gasteiger partial charge is 0.480 e. The summed E-state index contributed by atoms with van der Waals surface area (Å²) in [4.78, 5) is 38.3. The monoisotopic (exact) mass is 466 g/mol. The molecule has 8 nitrogen and oxygen atoms in total. The quantitative estimate of drug-likeness (QED) is 0.649. The van der Waals surface area contributed by atoms with Crippen molar-refractivity contribution in [2.45, 2.75) is 32.2 Å². The lowest BCUT2D eigenvalue weighted by molar-refractivity contribution is -0.163. The van der Waals surface area contributed by atoms with Crippen LogP contribution < -0.4 is 5.32 Å². The highest BCUT2D eigenvalue weighted by molar-refractivity contribution is 5.87. The molecule has 0 spiro atoms. The summed E-state index contributed by atoms with van der Waals surface area (Å²) in [6.07, 6.45) is -0.195. The molecular weight excluding hydrogens is 436 g/mol. The van der Waals surface area contributed by atoms with Crippen molar-refractivity contribution in [2.75, 3.05) is 32.9 Å². The van der Waals surface area contributed by atoms with Gasteiger partial charge in [-0.1, -0.05) is 62.4 Å². The van der Waals surface area contributed by atoms with Gasteiger partial charge in [-0.25, -0.2) is 9.59 Å². The lowest BCUT2D eigenvalue weighted by Crippen LogP contribution is -2.56. The van der Waals surface area contributed by atoms with Gasteiger partial charge in [0.05, 0.1) is 13.2 Å². The third kappa shape index (κ3) is 4.77. The maximum Gasteiger partial charge on any atom is 0.407 e. The Morgan fingerprint density at radius 3 is 2.32 bits per heavy atom. The van der Waals surface area contributed by atoms with Crippen LogP contribution in [-0.2, 0) is 19.1 Å². The number of nitrogens with zero attached hydrogens (tertiary/aromatic N) is 1. The first kappa shape index (κ1) is 23.8. The number of hydrogen-bond acceptors (Lipinski definition) is 5. The molecule has 0 bridgehead atoms. The number of carboxylic acids is 1. The molecule has 1 aliphatic carbocycles. The molecule has 0 radical (unpaired) electrons. The van der Waals surface area contributed by atoms with Gasteiger partial charge in [-0.15, -0.1) is 0 Å². The van der Waals surface area contributed by atoms with Crippen molar-refractivity contribution in [3.63, 3.8) is 0 Å². The van der Waals surface area contributed by atoms with Crippen molar-refractivity contribution in [3.05, 3.63) is 59.7 Å². The van der Waals surface area contributed by atoms with Crippen LogP contribution in [0, 0.1) is 5.41 Å². The van der Waals surface area contributed by atoms with E-state index >= 15 is 0 Å². The van der Waals surface area contributed by atoms with Gasteiger partial charge in [0.15, 0.2) is 6.04 Å². The fourth-order valence-corrected chi connectivity index (χ4v) is 4.67. The molecule has 2 aromatic rings. The van der Waals surface area contributed by atoms with Crippen molar-refractivity contribution >= 4 is 18.0 Å². The fraction of sp³-hybridized carbons (Fsp3) is 0.423. The number of alkyl carbamates (subject to hydrolysis) is 1. The van der Waals surface area contributed by atoms with Gasteiger partial charge < -0.3 is 24.8 Å². The Morgan fingerprint density at radius 1 is 1.09 bits per heavy atom. The topological polar surface area (TPSA) is 105 Å². The smallest absolute Gasteiger partial charge is 0.407 e. The molecule has 2 N–H and O–H groups in total. The normalized spacial score (nSPS) is 17.6. The van der Waals surface area contributed by atoms with Crippen LogP contribution in [0.15, 0.2) is 48.5 Å². The molecule has 1 aliphatic heterocycles. The van der Waals surface area contributed by atoms with Crippen LogP contribution in [0.1, 0.15) is 37.3 Å². The zero-order valence-electron chi connectivity index (χ0n) is 19.5. The van der Waals surface area contributed by atoms with Crippen molar-refractivity contribution in [1.82, 2.24) is 10.2 Å². The van der Waals surface area contributed by atoms with Crippen LogP contribution >= 0.6 is 0 Å². The number of hydrogen-bond donors (Lipinski definition) is 2. The predicted octanol–water partition coefficient (Wildman–Crippen LogP) is 3.25. The molecule has 0 saturated carbocycles. The van der Waals surface area contributed by atoms with E-state index < -0.39 is 23.5 Å². The Balaban J connectivity index is 1.30. The summed E-state index contributed by atoms with van der Waals surface area (Å²) in [5.74, 6) is -1.37. The molecule has 2 aliphatic rings. The Kier molecular flexibility index (Phi) is 6.88. The minimum Gasteiger partial charge on any atom is -0.480 e. The lowest BCUT2D eigenvalue weighted by Gasteiger charge is -2.38. The van der Waals surface area contributed by atoms with Gasteiger partial charge in [0, 0.05) is 24.4 Å². The summed E-state index contributed by atoms with van der Waals surface area (Å²) in [7, 11) is 0. The average molecular weight is 467 g/mol. The van der Waals surface area contributed by atoms with E-state index in [9.17, 15) is 19.5 Å². The van der Waals surface area contributed by atoms with Gasteiger partial charge in [-0.2, -0.15) is 0 Å². The van der Waals surface area contributed by atoms with Crippen molar-refractivity contribution in [2.24, 2.45) is 5.41 Å². The highest BCUT2D eigenvalue weighted by Gasteiger charge is 2.39. The number of ether oxygens (including phenoxy) is 2. The number of fused-ring (bicyclic) bond motifs is 3. The molecule has 180 valence electrons. The zero-order valence-corrected chi connectivity index (χ0v) is 19.5. The number of aliphatic carboxylic acids is 1. The van der Waals surface area contributed by atoms with Gasteiger partial charge in [0.2, 0.25) is 5.91 Å². The number of amides is 2. The molecule has 1 heterocycles. The summed E-state index contributed by atoms with van der Waals surface area (Å²) in [6, 6.07) is 15.3.